The van der Waals surface area contributed by atoms with Gasteiger partial charge >= 0.3 is 0 Å². The molecule has 1 N–H and O–H groups in total. The van der Waals surface area contributed by atoms with E-state index >= 15 is 0 Å². The van der Waals surface area contributed by atoms with Gasteiger partial charge in [-0.1, -0.05) is 13.8 Å². The van der Waals surface area contributed by atoms with Gasteiger partial charge in [0.15, 0.2) is 0 Å². The van der Waals surface area contributed by atoms with E-state index in [0.717, 1.165) is 32.0 Å². The number of nitrogens with zero attached hydrogens (tertiary/aromatic N) is 2. The SMILES string of the molecule is CC(C)Cn1ccc(C2COCCN2)n1. The van der Waals surface area contributed by atoms with Gasteiger partial charge in [-0.05, 0) is 12.0 Å². The van der Waals surface area contributed by atoms with E-state index in [1.807, 2.05) is 10.9 Å². The summed E-state index contributed by atoms with van der Waals surface area (Å²) in [6.07, 6.45) is 2.05. The Labute approximate surface area is 90.6 Å². The fourth-order valence-corrected chi connectivity index (χ4v) is 1.79. The number of aromatic nitrogens is 2. The Kier molecular flexibility index (Phi) is 3.38. The fourth-order valence-electron chi connectivity index (χ4n) is 1.79. The number of hydrogen-bond acceptors (Lipinski definition) is 3. The van der Waals surface area contributed by atoms with E-state index in [0.29, 0.717) is 5.92 Å². The average molecular weight is 209 g/mol. The summed E-state index contributed by atoms with van der Waals surface area (Å²) in [6.45, 7) is 7.84. The molecule has 0 saturated carbocycles. The largest absolute Gasteiger partial charge is 0.378 e. The summed E-state index contributed by atoms with van der Waals surface area (Å²) in [5.74, 6) is 0.633. The predicted octanol–water partition coefficient (Wildman–Crippen LogP) is 1.20. The van der Waals surface area contributed by atoms with Gasteiger partial charge in [0.25, 0.3) is 0 Å². The van der Waals surface area contributed by atoms with Crippen LogP contribution in [0, 0.1) is 5.92 Å². The number of hydrogen-bond donors (Lipinski definition) is 1. The van der Waals surface area contributed by atoms with Gasteiger partial charge in [0.2, 0.25) is 0 Å². The minimum atomic E-state index is 0.271. The molecule has 2 heterocycles. The Bertz CT molecular complexity index is 303. The van der Waals surface area contributed by atoms with Crippen molar-refractivity contribution in [2.45, 2.75) is 26.4 Å². The third-order valence-corrected chi connectivity index (χ3v) is 2.49. The van der Waals surface area contributed by atoms with Crippen LogP contribution in [0.4, 0.5) is 0 Å². The van der Waals surface area contributed by atoms with Gasteiger partial charge in [-0.3, -0.25) is 4.68 Å². The third kappa shape index (κ3) is 2.79. The molecule has 1 aromatic heterocycles. The van der Waals surface area contributed by atoms with Crippen molar-refractivity contribution in [2.75, 3.05) is 19.8 Å². The molecule has 0 radical (unpaired) electrons. The summed E-state index contributed by atoms with van der Waals surface area (Å²) in [5, 5.41) is 7.95. The molecule has 2 rings (SSSR count). The van der Waals surface area contributed by atoms with Crippen molar-refractivity contribution < 1.29 is 4.74 Å². The molecule has 84 valence electrons. The zero-order chi connectivity index (χ0) is 10.7. The number of nitrogens with one attached hydrogen (secondary N) is 1. The van der Waals surface area contributed by atoms with Crippen molar-refractivity contribution in [2.24, 2.45) is 5.92 Å². The Morgan fingerprint density at radius 2 is 2.53 bits per heavy atom. The second kappa shape index (κ2) is 4.77. The van der Waals surface area contributed by atoms with Crippen LogP contribution >= 0.6 is 0 Å². The van der Waals surface area contributed by atoms with E-state index in [1.165, 1.54) is 0 Å². The fraction of sp³-hybridized carbons (Fsp3) is 0.727. The first-order chi connectivity index (χ1) is 7.25. The highest BCUT2D eigenvalue weighted by Crippen LogP contribution is 2.13. The van der Waals surface area contributed by atoms with E-state index in [-0.39, 0.29) is 6.04 Å². The number of rotatable bonds is 3. The van der Waals surface area contributed by atoms with Gasteiger partial charge in [-0.15, -0.1) is 0 Å². The van der Waals surface area contributed by atoms with Gasteiger partial charge in [0, 0.05) is 19.3 Å². The first-order valence-corrected chi connectivity index (χ1v) is 5.60. The van der Waals surface area contributed by atoms with Crippen LogP contribution in [0.3, 0.4) is 0 Å². The maximum atomic E-state index is 5.42. The summed E-state index contributed by atoms with van der Waals surface area (Å²) >= 11 is 0. The lowest BCUT2D eigenvalue weighted by molar-refractivity contribution is 0.0753. The monoisotopic (exact) mass is 209 g/mol. The van der Waals surface area contributed by atoms with Crippen LogP contribution in [0.1, 0.15) is 25.6 Å². The first-order valence-electron chi connectivity index (χ1n) is 5.60. The minimum Gasteiger partial charge on any atom is -0.378 e. The Morgan fingerprint density at radius 1 is 1.67 bits per heavy atom. The highest BCUT2D eigenvalue weighted by atomic mass is 16.5. The molecule has 1 aliphatic heterocycles. The predicted molar refractivity (Wildman–Crippen MR) is 58.6 cm³/mol. The van der Waals surface area contributed by atoms with Gasteiger partial charge < -0.3 is 10.1 Å². The molecule has 1 aromatic rings. The minimum absolute atomic E-state index is 0.271. The van der Waals surface area contributed by atoms with Gasteiger partial charge in [-0.25, -0.2) is 0 Å². The van der Waals surface area contributed by atoms with E-state index in [4.69, 9.17) is 4.74 Å². The lowest BCUT2D eigenvalue weighted by atomic mass is 10.2. The van der Waals surface area contributed by atoms with Gasteiger partial charge in [0.05, 0.1) is 24.9 Å². The van der Waals surface area contributed by atoms with E-state index in [2.05, 4.69) is 30.3 Å². The molecule has 1 unspecified atom stereocenters. The average Bonchev–Trinajstić information content (AvgIpc) is 2.67. The van der Waals surface area contributed by atoms with Gasteiger partial charge in [-0.2, -0.15) is 5.10 Å². The zero-order valence-electron chi connectivity index (χ0n) is 9.44. The summed E-state index contributed by atoms with van der Waals surface area (Å²) in [4.78, 5) is 0. The summed E-state index contributed by atoms with van der Waals surface area (Å²) in [5.41, 5.74) is 1.09. The van der Waals surface area contributed by atoms with Crippen LogP contribution in [0.5, 0.6) is 0 Å². The molecule has 4 heteroatoms. The maximum Gasteiger partial charge on any atom is 0.0817 e. The van der Waals surface area contributed by atoms with Crippen LogP contribution in [-0.2, 0) is 11.3 Å². The first kappa shape index (κ1) is 10.6. The Balaban J connectivity index is 1.99. The smallest absolute Gasteiger partial charge is 0.0817 e. The molecular weight excluding hydrogens is 190 g/mol. The van der Waals surface area contributed by atoms with Crippen LogP contribution in [0.15, 0.2) is 12.3 Å². The zero-order valence-corrected chi connectivity index (χ0v) is 9.44. The molecule has 0 spiro atoms. The molecule has 15 heavy (non-hydrogen) atoms. The van der Waals surface area contributed by atoms with Crippen LogP contribution in [0.2, 0.25) is 0 Å². The topological polar surface area (TPSA) is 39.1 Å². The Morgan fingerprint density at radius 3 is 3.20 bits per heavy atom. The van der Waals surface area contributed by atoms with Crippen molar-refractivity contribution in [3.05, 3.63) is 18.0 Å². The molecular formula is C11H19N3O. The third-order valence-electron chi connectivity index (χ3n) is 2.49. The molecule has 0 aromatic carbocycles. The van der Waals surface area contributed by atoms with E-state index in [9.17, 15) is 0 Å². The maximum absolute atomic E-state index is 5.42. The number of ether oxygens (including phenoxy) is 1. The highest BCUT2D eigenvalue weighted by molar-refractivity contribution is 5.06. The molecule has 1 saturated heterocycles. The van der Waals surface area contributed by atoms with Crippen molar-refractivity contribution in [1.29, 1.82) is 0 Å². The van der Waals surface area contributed by atoms with E-state index in [1.54, 1.807) is 0 Å². The van der Waals surface area contributed by atoms with Crippen molar-refractivity contribution in [3.63, 3.8) is 0 Å². The quantitative estimate of drug-likeness (QED) is 0.813. The van der Waals surface area contributed by atoms with E-state index < -0.39 is 0 Å². The summed E-state index contributed by atoms with van der Waals surface area (Å²) in [6, 6.07) is 2.35. The van der Waals surface area contributed by atoms with Crippen LogP contribution in [0.25, 0.3) is 0 Å². The highest BCUT2D eigenvalue weighted by Gasteiger charge is 2.17. The molecule has 1 aliphatic rings. The standard InChI is InChI=1S/C11H19N3O/c1-9(2)7-14-5-3-10(13-14)11-8-15-6-4-12-11/h3,5,9,11-12H,4,6-8H2,1-2H3. The normalized spacial score (nSPS) is 22.2. The lowest BCUT2D eigenvalue weighted by Gasteiger charge is -2.22. The van der Waals surface area contributed by atoms with Crippen molar-refractivity contribution >= 4 is 0 Å². The molecule has 0 amide bonds. The summed E-state index contributed by atoms with van der Waals surface area (Å²) < 4.78 is 7.43. The number of morpholine rings is 1. The molecule has 0 bridgehead atoms. The van der Waals surface area contributed by atoms with Gasteiger partial charge in [0.1, 0.15) is 0 Å². The lowest BCUT2D eigenvalue weighted by Crippen LogP contribution is -2.34. The second-order valence-corrected chi connectivity index (χ2v) is 4.44. The van der Waals surface area contributed by atoms with Crippen LogP contribution < -0.4 is 5.32 Å². The van der Waals surface area contributed by atoms with Crippen LogP contribution in [-0.4, -0.2) is 29.5 Å². The van der Waals surface area contributed by atoms with Crippen molar-refractivity contribution in [3.8, 4) is 0 Å². The molecule has 0 aliphatic carbocycles. The molecule has 1 fully saturated rings. The summed E-state index contributed by atoms with van der Waals surface area (Å²) in [7, 11) is 0. The van der Waals surface area contributed by atoms with Crippen molar-refractivity contribution in [1.82, 2.24) is 15.1 Å². The molecule has 1 atom stereocenters. The Hall–Kier alpha value is -0.870. The second-order valence-electron chi connectivity index (χ2n) is 4.44. The molecule has 4 nitrogen and oxygen atoms in total.